The van der Waals surface area contributed by atoms with Crippen LogP contribution >= 0.6 is 11.6 Å². The van der Waals surface area contributed by atoms with Crippen LogP contribution in [0.2, 0.25) is 5.02 Å². The van der Waals surface area contributed by atoms with Crippen molar-refractivity contribution >= 4 is 23.3 Å². The van der Waals surface area contributed by atoms with Gasteiger partial charge in [-0.3, -0.25) is 4.79 Å². The van der Waals surface area contributed by atoms with Gasteiger partial charge in [0, 0.05) is 5.02 Å². The predicted octanol–water partition coefficient (Wildman–Crippen LogP) is 1.65. The van der Waals surface area contributed by atoms with E-state index in [9.17, 15) is 4.79 Å². The molecule has 5 heteroatoms. The van der Waals surface area contributed by atoms with Crippen LogP contribution in [0.1, 0.15) is 17.5 Å². The molecule has 0 atom stereocenters. The lowest BCUT2D eigenvalue weighted by Gasteiger charge is -2.12. The smallest absolute Gasteiger partial charge is 0.250 e. The first-order chi connectivity index (χ1) is 7.56. The molecular weight excluding hydrogens is 226 g/mol. The van der Waals surface area contributed by atoms with Crippen molar-refractivity contribution < 1.29 is 4.79 Å². The van der Waals surface area contributed by atoms with E-state index < -0.39 is 0 Å². The molecule has 2 N–H and O–H groups in total. The van der Waals surface area contributed by atoms with Crippen molar-refractivity contribution in [2.75, 3.05) is 0 Å². The summed E-state index contributed by atoms with van der Waals surface area (Å²) in [5.41, 5.74) is 7.45. The molecule has 1 aliphatic rings. The third-order valence-corrected chi connectivity index (χ3v) is 2.85. The van der Waals surface area contributed by atoms with Crippen molar-refractivity contribution in [2.24, 2.45) is 10.8 Å². The van der Waals surface area contributed by atoms with Gasteiger partial charge in [0.05, 0.1) is 13.0 Å². The van der Waals surface area contributed by atoms with E-state index in [1.165, 1.54) is 5.01 Å². The highest BCUT2D eigenvalue weighted by atomic mass is 35.5. The number of hydrazone groups is 1. The molecular formula is C11H12ClN3O. The van der Waals surface area contributed by atoms with Crippen molar-refractivity contribution in [3.8, 4) is 0 Å². The highest BCUT2D eigenvalue weighted by Crippen LogP contribution is 2.19. The summed E-state index contributed by atoms with van der Waals surface area (Å²) in [6.45, 7) is 2.35. The van der Waals surface area contributed by atoms with Gasteiger partial charge in [-0.25, -0.2) is 5.01 Å². The molecule has 0 saturated heterocycles. The van der Waals surface area contributed by atoms with Gasteiger partial charge in [-0.1, -0.05) is 23.7 Å². The monoisotopic (exact) mass is 237 g/mol. The molecule has 1 amide bonds. The molecule has 4 nitrogen and oxygen atoms in total. The van der Waals surface area contributed by atoms with Gasteiger partial charge in [-0.05, 0) is 24.1 Å². The van der Waals surface area contributed by atoms with E-state index in [4.69, 9.17) is 17.3 Å². The lowest BCUT2D eigenvalue weighted by atomic mass is 10.1. The van der Waals surface area contributed by atoms with Crippen LogP contribution in [0.25, 0.3) is 0 Å². The molecule has 16 heavy (non-hydrogen) atoms. The van der Waals surface area contributed by atoms with Gasteiger partial charge in [-0.2, -0.15) is 5.10 Å². The van der Waals surface area contributed by atoms with Gasteiger partial charge >= 0.3 is 0 Å². The van der Waals surface area contributed by atoms with E-state index in [1.807, 2.05) is 25.1 Å². The molecule has 84 valence electrons. The van der Waals surface area contributed by atoms with Gasteiger partial charge in [0.15, 0.2) is 0 Å². The lowest BCUT2D eigenvalue weighted by Crippen LogP contribution is -2.20. The summed E-state index contributed by atoms with van der Waals surface area (Å²) in [5, 5.41) is 6.02. The minimum absolute atomic E-state index is 0.0748. The molecule has 0 saturated carbocycles. The Balaban J connectivity index is 2.15. The predicted molar refractivity (Wildman–Crippen MR) is 63.0 cm³/mol. The van der Waals surface area contributed by atoms with E-state index in [2.05, 4.69) is 5.10 Å². The Bertz CT molecular complexity index is 470. The van der Waals surface area contributed by atoms with Crippen molar-refractivity contribution in [3.05, 3.63) is 34.3 Å². The SMILES string of the molecule is Cc1ccc(CN2N=C(N)CC2=O)cc1Cl. The van der Waals surface area contributed by atoms with Crippen molar-refractivity contribution in [1.82, 2.24) is 5.01 Å². The van der Waals surface area contributed by atoms with E-state index in [0.717, 1.165) is 11.1 Å². The number of carbonyl (C=O) groups excluding carboxylic acids is 1. The average molecular weight is 238 g/mol. The third kappa shape index (κ3) is 2.17. The number of rotatable bonds is 2. The standard InChI is InChI=1S/C11H12ClN3O/c1-7-2-3-8(4-9(7)12)6-15-11(16)5-10(13)14-15/h2-4H,5-6H2,1H3,(H2,13,14). The summed E-state index contributed by atoms with van der Waals surface area (Å²) in [6.07, 6.45) is 0.208. The number of amidine groups is 1. The van der Waals surface area contributed by atoms with Crippen molar-refractivity contribution in [3.63, 3.8) is 0 Å². The Kier molecular flexibility index (Phi) is 2.83. The van der Waals surface area contributed by atoms with Gasteiger partial charge in [0.1, 0.15) is 5.84 Å². The van der Waals surface area contributed by atoms with Crippen LogP contribution in [0, 0.1) is 6.92 Å². The normalized spacial score (nSPS) is 15.5. The maximum absolute atomic E-state index is 11.4. The average Bonchev–Trinajstić information content (AvgIpc) is 2.51. The number of hydrogen-bond acceptors (Lipinski definition) is 3. The van der Waals surface area contributed by atoms with E-state index in [0.29, 0.717) is 17.4 Å². The number of nitrogens with zero attached hydrogens (tertiary/aromatic N) is 2. The minimum atomic E-state index is -0.0748. The topological polar surface area (TPSA) is 58.7 Å². The van der Waals surface area contributed by atoms with Gasteiger partial charge in [0.25, 0.3) is 5.91 Å². The Morgan fingerprint density at radius 3 is 2.88 bits per heavy atom. The molecule has 0 spiro atoms. The summed E-state index contributed by atoms with van der Waals surface area (Å²) < 4.78 is 0. The van der Waals surface area contributed by atoms with Crippen LogP contribution in [-0.4, -0.2) is 16.8 Å². The Morgan fingerprint density at radius 2 is 2.31 bits per heavy atom. The first kappa shape index (κ1) is 11.0. The first-order valence-corrected chi connectivity index (χ1v) is 5.32. The maximum atomic E-state index is 11.4. The molecule has 0 bridgehead atoms. The Morgan fingerprint density at radius 1 is 1.56 bits per heavy atom. The molecule has 2 rings (SSSR count). The van der Waals surface area contributed by atoms with Crippen LogP contribution in [0.5, 0.6) is 0 Å². The van der Waals surface area contributed by atoms with E-state index in [1.54, 1.807) is 0 Å². The van der Waals surface area contributed by atoms with Gasteiger partial charge in [0.2, 0.25) is 0 Å². The van der Waals surface area contributed by atoms with Crippen LogP contribution in [0.15, 0.2) is 23.3 Å². The Labute approximate surface area is 98.7 Å². The number of benzene rings is 1. The number of nitrogens with two attached hydrogens (primary N) is 1. The molecule has 1 aliphatic heterocycles. The zero-order valence-electron chi connectivity index (χ0n) is 8.90. The zero-order valence-corrected chi connectivity index (χ0v) is 9.66. The fourth-order valence-corrected chi connectivity index (χ4v) is 1.73. The molecule has 0 aromatic heterocycles. The molecule has 0 radical (unpaired) electrons. The minimum Gasteiger partial charge on any atom is -0.385 e. The number of carbonyl (C=O) groups is 1. The number of aryl methyl sites for hydroxylation is 1. The van der Waals surface area contributed by atoms with Crippen molar-refractivity contribution in [2.45, 2.75) is 19.9 Å². The summed E-state index contributed by atoms with van der Waals surface area (Å²) in [6, 6.07) is 5.69. The maximum Gasteiger partial charge on any atom is 0.250 e. The molecule has 1 aromatic rings. The third-order valence-electron chi connectivity index (χ3n) is 2.44. The van der Waals surface area contributed by atoms with Crippen LogP contribution in [0.3, 0.4) is 0 Å². The second-order valence-corrected chi connectivity index (χ2v) is 4.21. The lowest BCUT2D eigenvalue weighted by molar-refractivity contribution is -0.129. The zero-order chi connectivity index (χ0) is 11.7. The largest absolute Gasteiger partial charge is 0.385 e. The van der Waals surface area contributed by atoms with Crippen LogP contribution < -0.4 is 5.73 Å². The molecule has 1 heterocycles. The second-order valence-electron chi connectivity index (χ2n) is 3.80. The highest BCUT2D eigenvalue weighted by molar-refractivity contribution is 6.31. The van der Waals surface area contributed by atoms with E-state index >= 15 is 0 Å². The van der Waals surface area contributed by atoms with Crippen LogP contribution in [0.4, 0.5) is 0 Å². The quantitative estimate of drug-likeness (QED) is 0.850. The summed E-state index contributed by atoms with van der Waals surface area (Å²) in [5.74, 6) is 0.289. The summed E-state index contributed by atoms with van der Waals surface area (Å²) in [7, 11) is 0. The summed E-state index contributed by atoms with van der Waals surface area (Å²) in [4.78, 5) is 11.4. The molecule has 1 aromatic carbocycles. The second kappa shape index (κ2) is 4.14. The van der Waals surface area contributed by atoms with Crippen LogP contribution in [-0.2, 0) is 11.3 Å². The fraction of sp³-hybridized carbons (Fsp3) is 0.273. The molecule has 0 aliphatic carbocycles. The highest BCUT2D eigenvalue weighted by Gasteiger charge is 2.21. The number of halogens is 1. The number of amides is 1. The fourth-order valence-electron chi connectivity index (χ4n) is 1.52. The van der Waals surface area contributed by atoms with Gasteiger partial charge < -0.3 is 5.73 Å². The summed E-state index contributed by atoms with van der Waals surface area (Å²) >= 11 is 6.00. The molecule has 0 fully saturated rings. The van der Waals surface area contributed by atoms with E-state index in [-0.39, 0.29) is 12.3 Å². The van der Waals surface area contributed by atoms with Gasteiger partial charge in [-0.15, -0.1) is 0 Å². The Hall–Kier alpha value is -1.55. The number of hydrogen-bond donors (Lipinski definition) is 1. The molecule has 0 unspecified atom stereocenters. The first-order valence-electron chi connectivity index (χ1n) is 4.94. The van der Waals surface area contributed by atoms with Crippen molar-refractivity contribution in [1.29, 1.82) is 0 Å².